The van der Waals surface area contributed by atoms with Crippen LogP contribution in [-0.2, 0) is 4.84 Å². The fraction of sp³-hybridized carbons (Fsp3) is 0.500. The maximum atomic E-state index is 9.44. The maximum Gasteiger partial charge on any atom is 0.135 e. The van der Waals surface area contributed by atoms with Crippen LogP contribution in [-0.4, -0.2) is 23.5 Å². The summed E-state index contributed by atoms with van der Waals surface area (Å²) in [5, 5.41) is 13.6. The second-order valence-electron chi connectivity index (χ2n) is 4.85. The first-order valence-electron chi connectivity index (χ1n) is 5.97. The predicted molar refractivity (Wildman–Crippen MR) is 68.3 cm³/mol. The average molecular weight is 233 g/mol. The van der Waals surface area contributed by atoms with E-state index in [1.54, 1.807) is 0 Å². The zero-order chi connectivity index (χ0) is 12.6. The van der Waals surface area contributed by atoms with Gasteiger partial charge in [0, 0.05) is 5.56 Å². The Morgan fingerprint density at radius 3 is 2.35 bits per heavy atom. The molecule has 1 aromatic carbocycles. The van der Waals surface area contributed by atoms with Gasteiger partial charge in [0.2, 0.25) is 0 Å². The van der Waals surface area contributed by atoms with Crippen LogP contribution in [0.5, 0.6) is 0 Å². The van der Waals surface area contributed by atoms with Crippen LogP contribution in [0, 0.1) is 26.7 Å². The molecule has 0 saturated carbocycles. The van der Waals surface area contributed by atoms with E-state index in [1.807, 2.05) is 6.92 Å². The van der Waals surface area contributed by atoms with Crippen molar-refractivity contribution in [1.29, 1.82) is 0 Å². The zero-order valence-corrected chi connectivity index (χ0v) is 10.8. The Morgan fingerprint density at radius 1 is 1.24 bits per heavy atom. The predicted octanol–water partition coefficient (Wildman–Crippen LogP) is 2.34. The zero-order valence-electron chi connectivity index (χ0n) is 10.8. The molecule has 1 heterocycles. The summed E-state index contributed by atoms with van der Waals surface area (Å²) in [6.07, 6.45) is -0.0462. The second-order valence-corrected chi connectivity index (χ2v) is 4.85. The van der Waals surface area contributed by atoms with Crippen LogP contribution in [0.15, 0.2) is 17.3 Å². The Balaban J connectivity index is 2.48. The van der Waals surface area contributed by atoms with Gasteiger partial charge in [-0.05, 0) is 38.8 Å². The van der Waals surface area contributed by atoms with Crippen LogP contribution in [0.3, 0.4) is 0 Å². The molecule has 3 heteroatoms. The van der Waals surface area contributed by atoms with Crippen molar-refractivity contribution < 1.29 is 9.94 Å². The number of oxime groups is 1. The molecule has 0 bridgehead atoms. The summed E-state index contributed by atoms with van der Waals surface area (Å²) in [5.41, 5.74) is 5.64. The summed E-state index contributed by atoms with van der Waals surface area (Å²) in [5.74, 6) is -0.0184. The molecule has 1 aliphatic heterocycles. The summed E-state index contributed by atoms with van der Waals surface area (Å²) >= 11 is 0. The Kier molecular flexibility index (Phi) is 3.20. The summed E-state index contributed by atoms with van der Waals surface area (Å²) < 4.78 is 0. The highest BCUT2D eigenvalue weighted by Gasteiger charge is 2.32. The number of rotatable bonds is 2. The largest absolute Gasteiger partial charge is 0.396 e. The van der Waals surface area contributed by atoms with Gasteiger partial charge >= 0.3 is 0 Å². The van der Waals surface area contributed by atoms with Crippen molar-refractivity contribution in [2.75, 3.05) is 6.61 Å². The van der Waals surface area contributed by atoms with Crippen LogP contribution in [0.1, 0.15) is 29.2 Å². The average Bonchev–Trinajstić information content (AvgIpc) is 2.58. The standard InChI is InChI=1S/C14H19NO2/c1-8-5-9(2)13(10(3)6-8)14-12(7-16)11(4)17-15-14/h5-6,11-12,16H,7H2,1-4H3/t11-,12-/m1/s1. The van der Waals surface area contributed by atoms with E-state index in [1.165, 1.54) is 16.7 Å². The molecule has 2 rings (SSSR count). The van der Waals surface area contributed by atoms with Gasteiger partial charge in [-0.3, -0.25) is 0 Å². The lowest BCUT2D eigenvalue weighted by Crippen LogP contribution is -2.26. The molecule has 0 fully saturated rings. The lowest BCUT2D eigenvalue weighted by atomic mass is 9.88. The smallest absolute Gasteiger partial charge is 0.135 e. The minimum Gasteiger partial charge on any atom is -0.396 e. The summed E-state index contributed by atoms with van der Waals surface area (Å²) in [7, 11) is 0. The Hall–Kier alpha value is -1.35. The molecule has 1 aromatic rings. The third kappa shape index (κ3) is 2.07. The lowest BCUT2D eigenvalue weighted by molar-refractivity contribution is 0.0596. The Morgan fingerprint density at radius 2 is 1.82 bits per heavy atom. The number of hydrogen-bond donors (Lipinski definition) is 1. The Bertz CT molecular complexity index is 442. The molecular weight excluding hydrogens is 214 g/mol. The Labute approximate surface area is 102 Å². The maximum absolute atomic E-state index is 9.44. The molecule has 0 aromatic heterocycles. The van der Waals surface area contributed by atoms with Crippen molar-refractivity contribution >= 4 is 5.71 Å². The first-order chi connectivity index (χ1) is 8.04. The molecule has 0 saturated heterocycles. The van der Waals surface area contributed by atoms with Gasteiger partial charge in [-0.1, -0.05) is 22.9 Å². The minimum atomic E-state index is -0.0462. The van der Waals surface area contributed by atoms with Crippen LogP contribution < -0.4 is 0 Å². The van der Waals surface area contributed by atoms with Crippen LogP contribution in [0.25, 0.3) is 0 Å². The summed E-state index contributed by atoms with van der Waals surface area (Å²) in [4.78, 5) is 5.29. The molecule has 3 nitrogen and oxygen atoms in total. The summed E-state index contributed by atoms with van der Waals surface area (Å²) in [6.45, 7) is 8.26. The summed E-state index contributed by atoms with van der Waals surface area (Å²) in [6, 6.07) is 4.28. The molecule has 0 spiro atoms. The lowest BCUT2D eigenvalue weighted by Gasteiger charge is -2.16. The van der Waals surface area contributed by atoms with E-state index in [0.717, 1.165) is 11.3 Å². The van der Waals surface area contributed by atoms with E-state index >= 15 is 0 Å². The molecule has 1 aliphatic rings. The third-order valence-electron chi connectivity index (χ3n) is 3.37. The van der Waals surface area contributed by atoms with Crippen molar-refractivity contribution in [2.24, 2.45) is 11.1 Å². The van der Waals surface area contributed by atoms with E-state index in [4.69, 9.17) is 4.84 Å². The van der Waals surface area contributed by atoms with Crippen molar-refractivity contribution in [3.8, 4) is 0 Å². The van der Waals surface area contributed by atoms with Crippen LogP contribution >= 0.6 is 0 Å². The molecule has 0 amide bonds. The van der Waals surface area contributed by atoms with E-state index in [9.17, 15) is 5.11 Å². The highest BCUT2D eigenvalue weighted by atomic mass is 16.6. The molecule has 0 aliphatic carbocycles. The second kappa shape index (κ2) is 4.49. The number of aliphatic hydroxyl groups is 1. The molecule has 17 heavy (non-hydrogen) atoms. The van der Waals surface area contributed by atoms with Crippen LogP contribution in [0.2, 0.25) is 0 Å². The van der Waals surface area contributed by atoms with Gasteiger partial charge in [0.25, 0.3) is 0 Å². The van der Waals surface area contributed by atoms with Gasteiger partial charge in [-0.15, -0.1) is 0 Å². The van der Waals surface area contributed by atoms with Gasteiger partial charge in [-0.25, -0.2) is 0 Å². The van der Waals surface area contributed by atoms with Gasteiger partial charge < -0.3 is 9.94 Å². The van der Waals surface area contributed by atoms with E-state index in [0.29, 0.717) is 0 Å². The normalized spacial score (nSPS) is 23.5. The highest BCUT2D eigenvalue weighted by Crippen LogP contribution is 2.27. The molecular formula is C14H19NO2. The number of benzene rings is 1. The fourth-order valence-electron chi connectivity index (χ4n) is 2.55. The topological polar surface area (TPSA) is 41.8 Å². The van der Waals surface area contributed by atoms with Crippen molar-refractivity contribution in [3.05, 3.63) is 34.4 Å². The number of hydrogen-bond acceptors (Lipinski definition) is 3. The van der Waals surface area contributed by atoms with Gasteiger partial charge in [0.1, 0.15) is 6.10 Å². The fourth-order valence-corrected chi connectivity index (χ4v) is 2.55. The monoisotopic (exact) mass is 233 g/mol. The van der Waals surface area contributed by atoms with Crippen LogP contribution in [0.4, 0.5) is 0 Å². The van der Waals surface area contributed by atoms with Gasteiger partial charge in [0.15, 0.2) is 0 Å². The molecule has 2 atom stereocenters. The van der Waals surface area contributed by atoms with Gasteiger partial charge in [-0.2, -0.15) is 0 Å². The first kappa shape index (κ1) is 12.1. The third-order valence-corrected chi connectivity index (χ3v) is 3.37. The highest BCUT2D eigenvalue weighted by molar-refractivity contribution is 6.05. The van der Waals surface area contributed by atoms with Gasteiger partial charge in [0.05, 0.1) is 18.2 Å². The molecule has 92 valence electrons. The molecule has 0 unspecified atom stereocenters. The first-order valence-corrected chi connectivity index (χ1v) is 5.97. The van der Waals surface area contributed by atoms with Crippen molar-refractivity contribution in [3.63, 3.8) is 0 Å². The van der Waals surface area contributed by atoms with E-state index in [2.05, 4.69) is 38.1 Å². The van der Waals surface area contributed by atoms with Crippen molar-refractivity contribution in [2.45, 2.75) is 33.8 Å². The van der Waals surface area contributed by atoms with E-state index in [-0.39, 0.29) is 18.6 Å². The molecule has 1 N–H and O–H groups in total. The van der Waals surface area contributed by atoms with E-state index < -0.39 is 0 Å². The number of aryl methyl sites for hydroxylation is 3. The number of nitrogens with zero attached hydrogens (tertiary/aromatic N) is 1. The molecule has 0 radical (unpaired) electrons. The minimum absolute atomic E-state index is 0.0184. The van der Waals surface area contributed by atoms with Crippen molar-refractivity contribution in [1.82, 2.24) is 0 Å². The SMILES string of the molecule is Cc1cc(C)c(C2=NO[C@H](C)[C@H]2CO)c(C)c1. The number of aliphatic hydroxyl groups excluding tert-OH is 1. The quantitative estimate of drug-likeness (QED) is 0.852.